The van der Waals surface area contributed by atoms with Gasteiger partial charge in [0.05, 0.1) is 12.0 Å². The van der Waals surface area contributed by atoms with Gasteiger partial charge in [0, 0.05) is 31.9 Å². The number of nitrogens with one attached hydrogen (secondary N) is 1. The third kappa shape index (κ3) is 4.95. The number of carbonyl (C=O) groups excluding carboxylic acids is 1. The van der Waals surface area contributed by atoms with Gasteiger partial charge in [0.1, 0.15) is 5.75 Å². The van der Waals surface area contributed by atoms with Crippen LogP contribution in [0, 0.1) is 11.3 Å². The zero-order valence-electron chi connectivity index (χ0n) is 14.8. The highest BCUT2D eigenvalue weighted by Crippen LogP contribution is 2.30. The van der Waals surface area contributed by atoms with E-state index in [-0.39, 0.29) is 5.91 Å². The lowest BCUT2D eigenvalue weighted by Gasteiger charge is -2.34. The van der Waals surface area contributed by atoms with E-state index < -0.39 is 5.41 Å². The SMILES string of the molecule is CC(C)CCOc1ccccc1CNC(=O)C1(CN)CCOCC1. The molecule has 1 aromatic carbocycles. The molecule has 1 aliphatic heterocycles. The van der Waals surface area contributed by atoms with Gasteiger partial charge in [-0.1, -0.05) is 32.0 Å². The Morgan fingerprint density at radius 2 is 2.04 bits per heavy atom. The Balaban J connectivity index is 1.94. The highest BCUT2D eigenvalue weighted by molar-refractivity contribution is 5.83. The first-order valence-electron chi connectivity index (χ1n) is 8.84. The van der Waals surface area contributed by atoms with Gasteiger partial charge in [-0.05, 0) is 31.2 Å². The molecule has 0 atom stereocenters. The second-order valence-corrected chi connectivity index (χ2v) is 6.92. The molecule has 5 heteroatoms. The van der Waals surface area contributed by atoms with Crippen molar-refractivity contribution in [3.63, 3.8) is 0 Å². The smallest absolute Gasteiger partial charge is 0.227 e. The van der Waals surface area contributed by atoms with Gasteiger partial charge in [-0.2, -0.15) is 0 Å². The van der Waals surface area contributed by atoms with Crippen LogP contribution >= 0.6 is 0 Å². The monoisotopic (exact) mass is 334 g/mol. The standard InChI is InChI=1S/C19H30N2O3/c1-15(2)7-10-24-17-6-4-3-5-16(17)13-21-18(22)19(14-20)8-11-23-12-9-19/h3-6,15H,7-14,20H2,1-2H3,(H,21,22). The van der Waals surface area contributed by atoms with Crippen molar-refractivity contribution < 1.29 is 14.3 Å². The van der Waals surface area contributed by atoms with E-state index in [1.165, 1.54) is 0 Å². The molecule has 1 aromatic rings. The summed E-state index contributed by atoms with van der Waals surface area (Å²) >= 11 is 0. The van der Waals surface area contributed by atoms with Crippen LogP contribution < -0.4 is 15.8 Å². The molecule has 0 spiro atoms. The third-order valence-electron chi connectivity index (χ3n) is 4.69. The number of benzene rings is 1. The van der Waals surface area contributed by atoms with Crippen LogP contribution in [0.15, 0.2) is 24.3 Å². The van der Waals surface area contributed by atoms with Crippen molar-refractivity contribution in [2.24, 2.45) is 17.1 Å². The van der Waals surface area contributed by atoms with Gasteiger partial charge < -0.3 is 20.5 Å². The summed E-state index contributed by atoms with van der Waals surface area (Å²) in [6.07, 6.45) is 2.38. The fourth-order valence-corrected chi connectivity index (χ4v) is 2.84. The molecular formula is C19H30N2O3. The number of rotatable bonds is 8. The Hall–Kier alpha value is -1.59. The number of hydrogen-bond acceptors (Lipinski definition) is 4. The number of para-hydroxylation sites is 1. The fraction of sp³-hybridized carbons (Fsp3) is 0.632. The molecule has 0 bridgehead atoms. The quantitative estimate of drug-likeness (QED) is 0.766. The van der Waals surface area contributed by atoms with Crippen molar-refractivity contribution in [3.05, 3.63) is 29.8 Å². The van der Waals surface area contributed by atoms with Gasteiger partial charge in [0.15, 0.2) is 0 Å². The lowest BCUT2D eigenvalue weighted by atomic mass is 9.79. The summed E-state index contributed by atoms with van der Waals surface area (Å²) in [5.41, 5.74) is 6.39. The average Bonchev–Trinajstić information content (AvgIpc) is 2.61. The lowest BCUT2D eigenvalue weighted by molar-refractivity contribution is -0.136. The van der Waals surface area contributed by atoms with Gasteiger partial charge in [-0.25, -0.2) is 0 Å². The molecule has 0 saturated carbocycles. The van der Waals surface area contributed by atoms with Gasteiger partial charge in [0.2, 0.25) is 5.91 Å². The minimum atomic E-state index is -0.494. The van der Waals surface area contributed by atoms with Crippen LogP contribution in [0.25, 0.3) is 0 Å². The van der Waals surface area contributed by atoms with Crippen molar-refractivity contribution in [1.82, 2.24) is 5.32 Å². The molecule has 1 amide bonds. The van der Waals surface area contributed by atoms with Crippen molar-refractivity contribution in [2.75, 3.05) is 26.4 Å². The molecule has 1 heterocycles. The summed E-state index contributed by atoms with van der Waals surface area (Å²) in [7, 11) is 0. The van der Waals surface area contributed by atoms with Crippen molar-refractivity contribution in [2.45, 2.75) is 39.7 Å². The number of ether oxygens (including phenoxy) is 2. The van der Waals surface area contributed by atoms with Crippen LogP contribution in [0.3, 0.4) is 0 Å². The minimum absolute atomic E-state index is 0.0188. The van der Waals surface area contributed by atoms with Gasteiger partial charge in [-0.15, -0.1) is 0 Å². The fourth-order valence-electron chi connectivity index (χ4n) is 2.84. The number of hydrogen-bond donors (Lipinski definition) is 2. The normalized spacial score (nSPS) is 16.8. The average molecular weight is 334 g/mol. The first-order chi connectivity index (χ1) is 11.6. The maximum Gasteiger partial charge on any atom is 0.227 e. The van der Waals surface area contributed by atoms with Crippen molar-refractivity contribution >= 4 is 5.91 Å². The molecule has 134 valence electrons. The largest absolute Gasteiger partial charge is 0.493 e. The minimum Gasteiger partial charge on any atom is -0.493 e. The molecule has 24 heavy (non-hydrogen) atoms. The second kappa shape index (κ2) is 9.04. The molecule has 1 saturated heterocycles. The lowest BCUT2D eigenvalue weighted by Crippen LogP contribution is -2.49. The Labute approximate surface area is 144 Å². The van der Waals surface area contributed by atoms with Crippen LogP contribution in [0.5, 0.6) is 5.75 Å². The first kappa shape index (κ1) is 18.7. The summed E-state index contributed by atoms with van der Waals surface area (Å²) in [5.74, 6) is 1.47. The topological polar surface area (TPSA) is 73.6 Å². The third-order valence-corrected chi connectivity index (χ3v) is 4.69. The molecule has 5 nitrogen and oxygen atoms in total. The molecular weight excluding hydrogens is 304 g/mol. The molecule has 0 aromatic heterocycles. The zero-order valence-corrected chi connectivity index (χ0v) is 14.8. The summed E-state index contributed by atoms with van der Waals surface area (Å²) in [6, 6.07) is 7.86. The predicted octanol–water partition coefficient (Wildman–Crippen LogP) is 2.48. The number of amides is 1. The Bertz CT molecular complexity index is 525. The second-order valence-electron chi connectivity index (χ2n) is 6.92. The van der Waals surface area contributed by atoms with E-state index in [2.05, 4.69) is 19.2 Å². The van der Waals surface area contributed by atoms with Crippen LogP contribution in [0.4, 0.5) is 0 Å². The number of nitrogens with two attached hydrogens (primary N) is 1. The highest BCUT2D eigenvalue weighted by atomic mass is 16.5. The summed E-state index contributed by atoms with van der Waals surface area (Å²) < 4.78 is 11.2. The van der Waals surface area contributed by atoms with E-state index in [9.17, 15) is 4.79 Å². The van der Waals surface area contributed by atoms with E-state index in [1.54, 1.807) is 0 Å². The molecule has 2 rings (SSSR count). The molecule has 0 aliphatic carbocycles. The zero-order chi connectivity index (χ0) is 17.4. The van der Waals surface area contributed by atoms with Gasteiger partial charge >= 0.3 is 0 Å². The van der Waals surface area contributed by atoms with Crippen LogP contribution in [0.2, 0.25) is 0 Å². The molecule has 0 unspecified atom stereocenters. The molecule has 3 N–H and O–H groups in total. The molecule has 1 fully saturated rings. The molecule has 1 aliphatic rings. The Morgan fingerprint density at radius 3 is 2.71 bits per heavy atom. The molecule has 0 radical (unpaired) electrons. The van der Waals surface area contributed by atoms with Crippen LogP contribution in [-0.2, 0) is 16.1 Å². The van der Waals surface area contributed by atoms with E-state index in [0.717, 1.165) is 17.7 Å². The van der Waals surface area contributed by atoms with Gasteiger partial charge in [0.25, 0.3) is 0 Å². The first-order valence-corrected chi connectivity index (χ1v) is 8.84. The van der Waals surface area contributed by atoms with E-state index in [0.29, 0.717) is 51.7 Å². The van der Waals surface area contributed by atoms with E-state index in [4.69, 9.17) is 15.2 Å². The maximum absolute atomic E-state index is 12.7. The van der Waals surface area contributed by atoms with Crippen molar-refractivity contribution in [3.8, 4) is 5.75 Å². The predicted molar refractivity (Wildman–Crippen MR) is 94.8 cm³/mol. The van der Waals surface area contributed by atoms with Crippen molar-refractivity contribution in [1.29, 1.82) is 0 Å². The van der Waals surface area contributed by atoms with E-state index in [1.807, 2.05) is 24.3 Å². The van der Waals surface area contributed by atoms with Gasteiger partial charge in [-0.3, -0.25) is 4.79 Å². The highest BCUT2D eigenvalue weighted by Gasteiger charge is 2.38. The summed E-state index contributed by atoms with van der Waals surface area (Å²) in [4.78, 5) is 12.7. The van der Waals surface area contributed by atoms with E-state index >= 15 is 0 Å². The number of carbonyl (C=O) groups is 1. The van der Waals surface area contributed by atoms with Crippen LogP contribution in [-0.4, -0.2) is 32.3 Å². The maximum atomic E-state index is 12.7. The Morgan fingerprint density at radius 1 is 1.33 bits per heavy atom. The Kier molecular flexibility index (Phi) is 7.06. The summed E-state index contributed by atoms with van der Waals surface area (Å²) in [6.45, 7) is 7.05. The summed E-state index contributed by atoms with van der Waals surface area (Å²) in [5, 5.41) is 3.05. The van der Waals surface area contributed by atoms with Crippen LogP contribution in [0.1, 0.15) is 38.7 Å².